The van der Waals surface area contributed by atoms with Crippen molar-refractivity contribution in [2.45, 2.75) is 50.1 Å². The lowest BCUT2D eigenvalue weighted by atomic mass is 9.89. The minimum absolute atomic E-state index is 0.0620. The molecular formula is C19H24N2O3. The first-order valence-electron chi connectivity index (χ1n) is 8.80. The Morgan fingerprint density at radius 1 is 1.12 bits per heavy atom. The van der Waals surface area contributed by atoms with Crippen LogP contribution in [0.15, 0.2) is 24.3 Å². The first kappa shape index (κ1) is 15.6. The first-order chi connectivity index (χ1) is 11.6. The summed E-state index contributed by atoms with van der Waals surface area (Å²) in [5, 5.41) is 6.64. The lowest BCUT2D eigenvalue weighted by molar-refractivity contribution is -0.125. The highest BCUT2D eigenvalue weighted by Crippen LogP contribution is 2.54. The van der Waals surface area contributed by atoms with E-state index in [-0.39, 0.29) is 23.5 Å². The average molecular weight is 328 g/mol. The molecule has 1 atom stereocenters. The molecule has 0 radical (unpaired) electrons. The van der Waals surface area contributed by atoms with Crippen LogP contribution in [0.4, 0.5) is 0 Å². The van der Waals surface area contributed by atoms with Crippen LogP contribution in [0, 0.1) is 5.41 Å². The van der Waals surface area contributed by atoms with Crippen molar-refractivity contribution >= 4 is 11.9 Å². The predicted octanol–water partition coefficient (Wildman–Crippen LogP) is 2.11. The van der Waals surface area contributed by atoms with E-state index in [1.54, 1.807) is 12.1 Å². The normalized spacial score (nSPS) is 25.8. The van der Waals surface area contributed by atoms with Crippen molar-refractivity contribution in [1.29, 1.82) is 0 Å². The molecule has 5 nitrogen and oxygen atoms in total. The molecule has 0 aromatic heterocycles. The van der Waals surface area contributed by atoms with Gasteiger partial charge in [-0.25, -0.2) is 4.79 Å². The van der Waals surface area contributed by atoms with Crippen LogP contribution in [0.3, 0.4) is 0 Å². The molecule has 1 amide bonds. The summed E-state index contributed by atoms with van der Waals surface area (Å²) in [5.74, 6) is -0.216. The van der Waals surface area contributed by atoms with E-state index in [9.17, 15) is 9.59 Å². The van der Waals surface area contributed by atoms with Gasteiger partial charge in [0.1, 0.15) is 0 Å². The average Bonchev–Trinajstić information content (AvgIpc) is 3.54. The second-order valence-corrected chi connectivity index (χ2v) is 7.60. The lowest BCUT2D eigenvalue weighted by Gasteiger charge is -2.31. The Labute approximate surface area is 142 Å². The standard InChI is InChI=1S/C19H24N2O3/c1-24-17(23)13-2-4-14(5-3-13)19(8-9-19)21-16(22)15-12-18(6-7-18)10-11-20-15/h2-5,15,20H,6-12H2,1H3,(H,21,22)/t15-/m0/s1. The summed E-state index contributed by atoms with van der Waals surface area (Å²) in [6, 6.07) is 7.33. The predicted molar refractivity (Wildman–Crippen MR) is 89.5 cm³/mol. The van der Waals surface area contributed by atoms with Crippen LogP contribution in [0.2, 0.25) is 0 Å². The molecule has 0 unspecified atom stereocenters. The number of hydrogen-bond donors (Lipinski definition) is 2. The quantitative estimate of drug-likeness (QED) is 0.831. The number of nitrogens with one attached hydrogen (secondary N) is 2. The number of benzene rings is 1. The summed E-state index contributed by atoms with van der Waals surface area (Å²) in [6.07, 6.45) is 6.63. The molecule has 2 N–H and O–H groups in total. The SMILES string of the molecule is COC(=O)c1ccc(C2(NC(=O)[C@@H]3CC4(CCN3)CC4)CC2)cc1. The Balaban J connectivity index is 1.43. The van der Waals surface area contributed by atoms with Gasteiger partial charge in [0.05, 0.1) is 24.3 Å². The Kier molecular flexibility index (Phi) is 3.64. The topological polar surface area (TPSA) is 67.4 Å². The Hall–Kier alpha value is -1.88. The van der Waals surface area contributed by atoms with Crippen molar-refractivity contribution in [2.75, 3.05) is 13.7 Å². The van der Waals surface area contributed by atoms with E-state index < -0.39 is 0 Å². The maximum absolute atomic E-state index is 12.7. The molecule has 1 spiro atoms. The van der Waals surface area contributed by atoms with Crippen LogP contribution in [0.1, 0.15) is 54.4 Å². The molecule has 1 aromatic rings. The van der Waals surface area contributed by atoms with Gasteiger partial charge in [-0.3, -0.25) is 4.79 Å². The van der Waals surface area contributed by atoms with E-state index in [2.05, 4.69) is 10.6 Å². The van der Waals surface area contributed by atoms with Crippen LogP contribution in [-0.2, 0) is 15.1 Å². The van der Waals surface area contributed by atoms with Crippen molar-refractivity contribution < 1.29 is 14.3 Å². The van der Waals surface area contributed by atoms with Gasteiger partial charge >= 0.3 is 5.97 Å². The Bertz CT molecular complexity index is 660. The third-order valence-corrected chi connectivity index (χ3v) is 5.93. The summed E-state index contributed by atoms with van der Waals surface area (Å²) < 4.78 is 4.73. The molecule has 1 heterocycles. The van der Waals surface area contributed by atoms with Gasteiger partial charge in [-0.15, -0.1) is 0 Å². The molecule has 0 bridgehead atoms. The van der Waals surface area contributed by atoms with Gasteiger partial charge in [-0.05, 0) is 68.2 Å². The molecule has 1 aromatic carbocycles. The van der Waals surface area contributed by atoms with Crippen molar-refractivity contribution in [3.8, 4) is 0 Å². The summed E-state index contributed by atoms with van der Waals surface area (Å²) in [5.41, 5.74) is 1.81. The monoisotopic (exact) mass is 328 g/mol. The van der Waals surface area contributed by atoms with E-state index in [0.717, 1.165) is 31.4 Å². The van der Waals surface area contributed by atoms with Gasteiger partial charge in [-0.1, -0.05) is 12.1 Å². The molecule has 4 rings (SSSR count). The van der Waals surface area contributed by atoms with Gasteiger partial charge in [0.25, 0.3) is 0 Å². The van der Waals surface area contributed by atoms with Crippen LogP contribution >= 0.6 is 0 Å². The van der Waals surface area contributed by atoms with E-state index >= 15 is 0 Å². The summed E-state index contributed by atoms with van der Waals surface area (Å²) in [4.78, 5) is 24.3. The molecule has 2 aliphatic carbocycles. The number of piperidine rings is 1. The molecule has 24 heavy (non-hydrogen) atoms. The van der Waals surface area contributed by atoms with Crippen molar-refractivity contribution in [2.24, 2.45) is 5.41 Å². The van der Waals surface area contributed by atoms with Gasteiger partial charge in [0.15, 0.2) is 0 Å². The molecule has 3 fully saturated rings. The van der Waals surface area contributed by atoms with E-state index in [1.807, 2.05) is 12.1 Å². The zero-order valence-electron chi connectivity index (χ0n) is 14.1. The maximum Gasteiger partial charge on any atom is 0.337 e. The minimum Gasteiger partial charge on any atom is -0.465 e. The Morgan fingerprint density at radius 2 is 1.83 bits per heavy atom. The molecular weight excluding hydrogens is 304 g/mol. The fraction of sp³-hybridized carbons (Fsp3) is 0.579. The number of methoxy groups -OCH3 is 1. The van der Waals surface area contributed by atoms with E-state index in [0.29, 0.717) is 11.0 Å². The smallest absolute Gasteiger partial charge is 0.337 e. The van der Waals surface area contributed by atoms with Gasteiger partial charge < -0.3 is 15.4 Å². The number of amides is 1. The number of esters is 1. The molecule has 128 valence electrons. The molecule has 5 heteroatoms. The third kappa shape index (κ3) is 2.81. The van der Waals surface area contributed by atoms with E-state index in [4.69, 9.17) is 4.74 Å². The highest BCUT2D eigenvalue weighted by molar-refractivity contribution is 5.89. The van der Waals surface area contributed by atoms with Crippen molar-refractivity contribution in [3.05, 3.63) is 35.4 Å². The number of carbonyl (C=O) groups is 2. The number of hydrogen-bond acceptors (Lipinski definition) is 4. The van der Waals surface area contributed by atoms with Crippen molar-refractivity contribution in [3.63, 3.8) is 0 Å². The van der Waals surface area contributed by atoms with Crippen LogP contribution in [0.5, 0.6) is 0 Å². The number of carbonyl (C=O) groups excluding carboxylic acids is 2. The van der Waals surface area contributed by atoms with E-state index in [1.165, 1.54) is 26.4 Å². The zero-order chi connectivity index (χ0) is 16.8. The largest absolute Gasteiger partial charge is 0.465 e. The van der Waals surface area contributed by atoms with Crippen LogP contribution in [-0.4, -0.2) is 31.6 Å². The summed E-state index contributed by atoms with van der Waals surface area (Å²) in [6.45, 7) is 0.943. The minimum atomic E-state index is -0.337. The molecule has 3 aliphatic rings. The van der Waals surface area contributed by atoms with Crippen molar-refractivity contribution in [1.82, 2.24) is 10.6 Å². The fourth-order valence-corrected chi connectivity index (χ4v) is 3.91. The maximum atomic E-state index is 12.7. The highest BCUT2D eigenvalue weighted by Gasteiger charge is 2.50. The highest BCUT2D eigenvalue weighted by atomic mass is 16.5. The second-order valence-electron chi connectivity index (χ2n) is 7.60. The van der Waals surface area contributed by atoms with Gasteiger partial charge in [0, 0.05) is 0 Å². The number of rotatable bonds is 4. The molecule has 1 saturated heterocycles. The third-order valence-electron chi connectivity index (χ3n) is 5.93. The van der Waals surface area contributed by atoms with Crippen LogP contribution < -0.4 is 10.6 Å². The van der Waals surface area contributed by atoms with Gasteiger partial charge in [0.2, 0.25) is 5.91 Å². The summed E-state index contributed by atoms with van der Waals surface area (Å²) >= 11 is 0. The van der Waals surface area contributed by atoms with Gasteiger partial charge in [-0.2, -0.15) is 0 Å². The lowest BCUT2D eigenvalue weighted by Crippen LogP contribution is -2.51. The Morgan fingerprint density at radius 3 is 2.42 bits per heavy atom. The zero-order valence-corrected chi connectivity index (χ0v) is 14.1. The number of ether oxygens (including phenoxy) is 1. The second kappa shape index (κ2) is 5.59. The fourth-order valence-electron chi connectivity index (χ4n) is 3.91. The molecule has 1 aliphatic heterocycles. The molecule has 2 saturated carbocycles. The summed E-state index contributed by atoms with van der Waals surface area (Å²) in [7, 11) is 1.38. The first-order valence-corrected chi connectivity index (χ1v) is 8.80. The van der Waals surface area contributed by atoms with Crippen LogP contribution in [0.25, 0.3) is 0 Å².